The van der Waals surface area contributed by atoms with Gasteiger partial charge in [0.2, 0.25) is 11.7 Å². The van der Waals surface area contributed by atoms with E-state index in [1.807, 2.05) is 31.2 Å². The molecule has 0 aliphatic rings. The third-order valence-corrected chi connectivity index (χ3v) is 4.37. The molecule has 2 aromatic heterocycles. The van der Waals surface area contributed by atoms with Crippen molar-refractivity contribution in [3.63, 3.8) is 0 Å². The van der Waals surface area contributed by atoms with Gasteiger partial charge in [-0.3, -0.25) is 9.59 Å². The Kier molecular flexibility index (Phi) is 6.32. The van der Waals surface area contributed by atoms with E-state index in [1.54, 1.807) is 18.2 Å². The Hall–Kier alpha value is -3.00. The number of ether oxygens (including phenoxy) is 1. The number of amides is 1. The number of esters is 1. The molecule has 1 N–H and O–H groups in total. The zero-order chi connectivity index (χ0) is 19.1. The van der Waals surface area contributed by atoms with Crippen molar-refractivity contribution in [2.24, 2.45) is 0 Å². The highest BCUT2D eigenvalue weighted by Crippen LogP contribution is 2.20. The molecule has 8 heteroatoms. The van der Waals surface area contributed by atoms with E-state index >= 15 is 0 Å². The molecule has 0 fully saturated rings. The van der Waals surface area contributed by atoms with Gasteiger partial charge in [-0.15, -0.1) is 11.8 Å². The maximum atomic E-state index is 11.9. The number of rotatable bonds is 8. The van der Waals surface area contributed by atoms with Gasteiger partial charge in [-0.2, -0.15) is 0 Å². The fourth-order valence-electron chi connectivity index (χ4n) is 2.26. The van der Waals surface area contributed by atoms with E-state index in [0.717, 1.165) is 11.3 Å². The van der Waals surface area contributed by atoms with Crippen LogP contribution >= 0.6 is 11.8 Å². The van der Waals surface area contributed by atoms with E-state index in [4.69, 9.17) is 13.7 Å². The van der Waals surface area contributed by atoms with Gasteiger partial charge in [-0.1, -0.05) is 17.3 Å². The molecule has 0 unspecified atom stereocenters. The summed E-state index contributed by atoms with van der Waals surface area (Å²) in [5, 5.41) is 6.61. The van der Waals surface area contributed by atoms with Gasteiger partial charge in [-0.05, 0) is 36.8 Å². The molecule has 0 aliphatic heterocycles. The molecule has 0 radical (unpaired) electrons. The predicted octanol–water partition coefficient (Wildman–Crippen LogP) is 3.66. The number of benzene rings is 1. The zero-order valence-electron chi connectivity index (χ0n) is 14.6. The van der Waals surface area contributed by atoms with Crippen molar-refractivity contribution in [2.45, 2.75) is 13.5 Å². The summed E-state index contributed by atoms with van der Waals surface area (Å²) in [6.45, 7) is 1.95. The minimum Gasteiger partial charge on any atom is -0.461 e. The highest BCUT2D eigenvalue weighted by atomic mass is 32.2. The number of thioether (sulfide) groups is 1. The maximum absolute atomic E-state index is 11.9. The number of nitrogens with zero attached hydrogens (tertiary/aromatic N) is 1. The SMILES string of the molecule is Cc1cccc(NC(=O)CSCC(=O)OCc2cc(-c3ccco3)on2)c1. The lowest BCUT2D eigenvalue weighted by atomic mass is 10.2. The minimum absolute atomic E-state index is 0.000902. The molecule has 1 amide bonds. The molecule has 3 aromatic rings. The third kappa shape index (κ3) is 5.75. The lowest BCUT2D eigenvalue weighted by Gasteiger charge is -2.06. The highest BCUT2D eigenvalue weighted by Gasteiger charge is 2.12. The summed E-state index contributed by atoms with van der Waals surface area (Å²) < 4.78 is 15.5. The molecule has 3 rings (SSSR count). The fraction of sp³-hybridized carbons (Fsp3) is 0.211. The summed E-state index contributed by atoms with van der Waals surface area (Å²) in [6, 6.07) is 12.7. The number of anilines is 1. The number of hydrogen-bond acceptors (Lipinski definition) is 7. The van der Waals surface area contributed by atoms with Crippen LogP contribution in [0.3, 0.4) is 0 Å². The largest absolute Gasteiger partial charge is 0.461 e. The fourth-order valence-corrected chi connectivity index (χ4v) is 2.87. The third-order valence-electron chi connectivity index (χ3n) is 3.46. The first kappa shape index (κ1) is 18.8. The van der Waals surface area contributed by atoms with Crippen molar-refractivity contribution < 1.29 is 23.3 Å². The number of nitrogens with one attached hydrogen (secondary N) is 1. The summed E-state index contributed by atoms with van der Waals surface area (Å²) >= 11 is 1.19. The van der Waals surface area contributed by atoms with E-state index in [0.29, 0.717) is 17.2 Å². The summed E-state index contributed by atoms with van der Waals surface area (Å²) in [5.74, 6) is 0.659. The number of furan rings is 1. The quantitative estimate of drug-likeness (QED) is 0.590. The van der Waals surface area contributed by atoms with Crippen LogP contribution < -0.4 is 5.32 Å². The second kappa shape index (κ2) is 9.09. The molecular formula is C19H18N2O5S. The number of hydrogen-bond donors (Lipinski definition) is 1. The predicted molar refractivity (Wildman–Crippen MR) is 101 cm³/mol. The summed E-state index contributed by atoms with van der Waals surface area (Å²) in [6.07, 6.45) is 1.53. The second-order valence-corrected chi connectivity index (χ2v) is 6.72. The topological polar surface area (TPSA) is 94.6 Å². The Morgan fingerprint density at radius 2 is 2.04 bits per heavy atom. The first-order valence-electron chi connectivity index (χ1n) is 8.19. The van der Waals surface area contributed by atoms with Crippen LogP contribution in [0.15, 0.2) is 57.7 Å². The minimum atomic E-state index is -0.425. The van der Waals surface area contributed by atoms with Crippen LogP contribution in [0.25, 0.3) is 11.5 Å². The monoisotopic (exact) mass is 386 g/mol. The Morgan fingerprint density at radius 1 is 1.15 bits per heavy atom. The Bertz CT molecular complexity index is 904. The normalized spacial score (nSPS) is 10.6. The van der Waals surface area contributed by atoms with Gasteiger partial charge in [0.15, 0.2) is 5.76 Å². The van der Waals surface area contributed by atoms with Crippen molar-refractivity contribution >= 4 is 29.3 Å². The van der Waals surface area contributed by atoms with Crippen molar-refractivity contribution in [2.75, 3.05) is 16.8 Å². The molecule has 140 valence electrons. The molecule has 0 bridgehead atoms. The van der Waals surface area contributed by atoms with Gasteiger partial charge < -0.3 is 19.0 Å². The molecule has 2 heterocycles. The summed E-state index contributed by atoms with van der Waals surface area (Å²) in [4.78, 5) is 23.7. The first-order chi connectivity index (χ1) is 13.1. The highest BCUT2D eigenvalue weighted by molar-refractivity contribution is 8.00. The molecular weight excluding hydrogens is 368 g/mol. The van der Waals surface area contributed by atoms with Crippen molar-refractivity contribution in [3.8, 4) is 11.5 Å². The Morgan fingerprint density at radius 3 is 2.81 bits per heavy atom. The van der Waals surface area contributed by atoms with Crippen molar-refractivity contribution in [1.29, 1.82) is 0 Å². The van der Waals surface area contributed by atoms with E-state index in [1.165, 1.54) is 18.0 Å². The van der Waals surface area contributed by atoms with Crippen molar-refractivity contribution in [3.05, 3.63) is 60.0 Å². The molecule has 0 atom stereocenters. The standard InChI is InChI=1S/C19H18N2O5S/c1-13-4-2-5-14(8-13)20-18(22)11-27-12-19(23)25-10-15-9-17(26-21-15)16-6-3-7-24-16/h2-9H,10-12H2,1H3,(H,20,22). The van der Waals surface area contributed by atoms with Crippen molar-refractivity contribution in [1.82, 2.24) is 5.16 Å². The molecule has 0 aliphatic carbocycles. The molecule has 7 nitrogen and oxygen atoms in total. The number of aromatic nitrogens is 1. The molecule has 0 saturated heterocycles. The first-order valence-corrected chi connectivity index (χ1v) is 9.35. The van der Waals surface area contributed by atoms with Gasteiger partial charge in [0, 0.05) is 11.8 Å². The smallest absolute Gasteiger partial charge is 0.316 e. The van der Waals surface area contributed by atoms with E-state index in [9.17, 15) is 9.59 Å². The zero-order valence-corrected chi connectivity index (χ0v) is 15.5. The van der Waals surface area contributed by atoms with Crippen LogP contribution in [-0.4, -0.2) is 28.5 Å². The Labute approximate surface area is 160 Å². The Balaban J connectivity index is 1.35. The maximum Gasteiger partial charge on any atom is 0.316 e. The van der Waals surface area contributed by atoms with Crippen LogP contribution in [0.2, 0.25) is 0 Å². The molecule has 1 aromatic carbocycles. The van der Waals surface area contributed by atoms with Crippen LogP contribution in [0.5, 0.6) is 0 Å². The van der Waals surface area contributed by atoms with E-state index in [2.05, 4.69) is 10.5 Å². The van der Waals surface area contributed by atoms with E-state index < -0.39 is 5.97 Å². The molecule has 0 spiro atoms. The summed E-state index contributed by atoms with van der Waals surface area (Å²) in [7, 11) is 0. The van der Waals surface area contributed by atoms with Crippen LogP contribution in [0.4, 0.5) is 5.69 Å². The lowest BCUT2D eigenvalue weighted by molar-refractivity contribution is -0.141. The summed E-state index contributed by atoms with van der Waals surface area (Å²) in [5.41, 5.74) is 2.28. The van der Waals surface area contributed by atoms with Gasteiger partial charge >= 0.3 is 5.97 Å². The molecule has 0 saturated carbocycles. The van der Waals surface area contributed by atoms with Gasteiger partial charge in [-0.25, -0.2) is 0 Å². The van der Waals surface area contributed by atoms with Crippen LogP contribution in [-0.2, 0) is 20.9 Å². The molecule has 27 heavy (non-hydrogen) atoms. The lowest BCUT2D eigenvalue weighted by Crippen LogP contribution is -2.16. The second-order valence-electron chi connectivity index (χ2n) is 5.73. The number of carbonyl (C=O) groups excluding carboxylic acids is 2. The average Bonchev–Trinajstić information content (AvgIpc) is 3.31. The van der Waals surface area contributed by atoms with Gasteiger partial charge in [0.1, 0.15) is 12.3 Å². The van der Waals surface area contributed by atoms with Gasteiger partial charge in [0.25, 0.3) is 0 Å². The van der Waals surface area contributed by atoms with Crippen LogP contribution in [0.1, 0.15) is 11.3 Å². The van der Waals surface area contributed by atoms with Gasteiger partial charge in [0.05, 0.1) is 17.8 Å². The van der Waals surface area contributed by atoms with E-state index in [-0.39, 0.29) is 24.0 Å². The number of carbonyl (C=O) groups is 2. The average molecular weight is 386 g/mol. The van der Waals surface area contributed by atoms with Crippen LogP contribution in [0, 0.1) is 6.92 Å². The number of aryl methyl sites for hydroxylation is 1.